The Kier molecular flexibility index (Phi) is 7.34. The van der Waals surface area contributed by atoms with Gasteiger partial charge in [-0.15, -0.1) is 0 Å². The standard InChI is InChI=1S/C16H30N4/c1-5-6-7-8-9-10-11-12-14-13(2)18-16(20(3)4)19-15(14)17/h5-12H2,1-4H3,(H2,17,18,19). The first-order valence-electron chi connectivity index (χ1n) is 7.86. The highest BCUT2D eigenvalue weighted by Gasteiger charge is 2.10. The van der Waals surface area contributed by atoms with E-state index in [1.165, 1.54) is 44.9 Å². The van der Waals surface area contributed by atoms with Crippen molar-refractivity contribution in [2.75, 3.05) is 24.7 Å². The number of aromatic nitrogens is 2. The van der Waals surface area contributed by atoms with E-state index in [1.807, 2.05) is 25.9 Å². The molecule has 0 aliphatic rings. The predicted octanol–water partition coefficient (Wildman–Crippen LogP) is 3.73. The second-order valence-corrected chi connectivity index (χ2v) is 5.74. The average molecular weight is 278 g/mol. The van der Waals surface area contributed by atoms with E-state index in [-0.39, 0.29) is 0 Å². The topological polar surface area (TPSA) is 55.0 Å². The van der Waals surface area contributed by atoms with Crippen molar-refractivity contribution in [3.05, 3.63) is 11.3 Å². The molecule has 0 bridgehead atoms. The molecule has 0 amide bonds. The highest BCUT2D eigenvalue weighted by Crippen LogP contribution is 2.19. The van der Waals surface area contributed by atoms with Gasteiger partial charge in [-0.25, -0.2) is 4.98 Å². The molecule has 0 aliphatic heterocycles. The first kappa shape index (κ1) is 16.7. The molecule has 0 saturated heterocycles. The minimum absolute atomic E-state index is 0.646. The monoisotopic (exact) mass is 278 g/mol. The molecule has 4 heteroatoms. The largest absolute Gasteiger partial charge is 0.383 e. The van der Waals surface area contributed by atoms with Crippen LogP contribution in [0.3, 0.4) is 0 Å². The number of unbranched alkanes of at least 4 members (excludes halogenated alkanes) is 6. The Labute approximate surface area is 123 Å². The third kappa shape index (κ3) is 5.35. The quantitative estimate of drug-likeness (QED) is 0.699. The smallest absolute Gasteiger partial charge is 0.227 e. The highest BCUT2D eigenvalue weighted by atomic mass is 15.2. The summed E-state index contributed by atoms with van der Waals surface area (Å²) in [6.07, 6.45) is 10.2. The lowest BCUT2D eigenvalue weighted by molar-refractivity contribution is 0.588. The van der Waals surface area contributed by atoms with Crippen LogP contribution in [0.5, 0.6) is 0 Å². The number of hydrogen-bond donors (Lipinski definition) is 1. The molecule has 0 aliphatic carbocycles. The van der Waals surface area contributed by atoms with Crippen LogP contribution in [0.2, 0.25) is 0 Å². The summed E-state index contributed by atoms with van der Waals surface area (Å²) in [5.74, 6) is 1.34. The van der Waals surface area contributed by atoms with E-state index in [1.54, 1.807) is 0 Å². The molecule has 1 aromatic heterocycles. The number of anilines is 2. The normalized spacial score (nSPS) is 10.8. The number of rotatable bonds is 9. The maximum Gasteiger partial charge on any atom is 0.227 e. The molecule has 114 valence electrons. The van der Waals surface area contributed by atoms with E-state index in [2.05, 4.69) is 16.9 Å². The summed E-state index contributed by atoms with van der Waals surface area (Å²) in [7, 11) is 3.87. The van der Waals surface area contributed by atoms with Crippen LogP contribution in [0.4, 0.5) is 11.8 Å². The van der Waals surface area contributed by atoms with Crippen molar-refractivity contribution >= 4 is 11.8 Å². The molecule has 4 nitrogen and oxygen atoms in total. The Hall–Kier alpha value is -1.32. The molecule has 1 heterocycles. The van der Waals surface area contributed by atoms with Gasteiger partial charge in [0.2, 0.25) is 5.95 Å². The molecule has 0 unspecified atom stereocenters. The fourth-order valence-corrected chi connectivity index (χ4v) is 2.37. The summed E-state index contributed by atoms with van der Waals surface area (Å²) < 4.78 is 0. The first-order chi connectivity index (χ1) is 9.56. The van der Waals surface area contributed by atoms with Crippen molar-refractivity contribution in [2.45, 2.75) is 65.2 Å². The minimum Gasteiger partial charge on any atom is -0.383 e. The molecule has 20 heavy (non-hydrogen) atoms. The predicted molar refractivity (Wildman–Crippen MR) is 87.2 cm³/mol. The lowest BCUT2D eigenvalue weighted by atomic mass is 10.0. The number of aryl methyl sites for hydroxylation is 1. The summed E-state index contributed by atoms with van der Waals surface area (Å²) in [6.45, 7) is 4.28. The maximum atomic E-state index is 6.06. The third-order valence-corrected chi connectivity index (χ3v) is 3.66. The Bertz CT molecular complexity index is 378. The number of nitrogens with zero attached hydrogens (tertiary/aromatic N) is 3. The van der Waals surface area contributed by atoms with E-state index in [4.69, 9.17) is 5.73 Å². The zero-order valence-corrected chi connectivity index (χ0v) is 13.6. The van der Waals surface area contributed by atoms with Crippen LogP contribution in [0.15, 0.2) is 0 Å². The third-order valence-electron chi connectivity index (χ3n) is 3.66. The second kappa shape index (κ2) is 8.77. The van der Waals surface area contributed by atoms with Gasteiger partial charge in [-0.1, -0.05) is 45.4 Å². The average Bonchev–Trinajstić information content (AvgIpc) is 2.40. The van der Waals surface area contributed by atoms with E-state index in [9.17, 15) is 0 Å². The maximum absolute atomic E-state index is 6.06. The van der Waals surface area contributed by atoms with E-state index in [0.717, 1.165) is 17.7 Å². The van der Waals surface area contributed by atoms with Gasteiger partial charge in [0.25, 0.3) is 0 Å². The highest BCUT2D eigenvalue weighted by molar-refractivity contribution is 5.47. The van der Waals surface area contributed by atoms with Gasteiger partial charge in [-0.05, 0) is 19.8 Å². The second-order valence-electron chi connectivity index (χ2n) is 5.74. The number of hydrogen-bond acceptors (Lipinski definition) is 4. The van der Waals surface area contributed by atoms with Crippen molar-refractivity contribution in [1.29, 1.82) is 0 Å². The van der Waals surface area contributed by atoms with Gasteiger partial charge in [0.15, 0.2) is 0 Å². The van der Waals surface area contributed by atoms with Crippen LogP contribution in [0, 0.1) is 6.92 Å². The van der Waals surface area contributed by atoms with Crippen LogP contribution in [-0.2, 0) is 6.42 Å². The number of nitrogens with two attached hydrogens (primary N) is 1. The van der Waals surface area contributed by atoms with Crippen molar-refractivity contribution in [2.24, 2.45) is 0 Å². The van der Waals surface area contributed by atoms with E-state index >= 15 is 0 Å². The van der Waals surface area contributed by atoms with Gasteiger partial charge >= 0.3 is 0 Å². The van der Waals surface area contributed by atoms with Gasteiger partial charge in [0.1, 0.15) is 5.82 Å². The molecule has 2 N–H and O–H groups in total. The summed E-state index contributed by atoms with van der Waals surface area (Å²) in [5.41, 5.74) is 8.21. The minimum atomic E-state index is 0.646. The summed E-state index contributed by atoms with van der Waals surface area (Å²) in [5, 5.41) is 0. The van der Waals surface area contributed by atoms with Crippen molar-refractivity contribution in [1.82, 2.24) is 9.97 Å². The molecule has 0 saturated carbocycles. The fourth-order valence-electron chi connectivity index (χ4n) is 2.37. The van der Waals surface area contributed by atoms with Crippen LogP contribution >= 0.6 is 0 Å². The zero-order chi connectivity index (χ0) is 15.0. The zero-order valence-electron chi connectivity index (χ0n) is 13.6. The van der Waals surface area contributed by atoms with E-state index < -0.39 is 0 Å². The molecular formula is C16H30N4. The first-order valence-corrected chi connectivity index (χ1v) is 7.86. The van der Waals surface area contributed by atoms with E-state index in [0.29, 0.717) is 11.8 Å². The summed E-state index contributed by atoms with van der Waals surface area (Å²) >= 11 is 0. The van der Waals surface area contributed by atoms with Crippen LogP contribution in [0.1, 0.15) is 63.1 Å². The SMILES string of the molecule is CCCCCCCCCc1c(C)nc(N(C)C)nc1N. The summed E-state index contributed by atoms with van der Waals surface area (Å²) in [4.78, 5) is 10.8. The molecule has 0 atom stereocenters. The molecule has 0 spiro atoms. The van der Waals surface area contributed by atoms with Gasteiger partial charge in [0.05, 0.1) is 0 Å². The Balaban J connectivity index is 2.40. The van der Waals surface area contributed by atoms with Crippen LogP contribution < -0.4 is 10.6 Å². The van der Waals surface area contributed by atoms with Crippen molar-refractivity contribution < 1.29 is 0 Å². The molecule has 0 fully saturated rings. The lowest BCUT2D eigenvalue weighted by Gasteiger charge is -2.14. The molecule has 0 radical (unpaired) electrons. The van der Waals surface area contributed by atoms with Crippen molar-refractivity contribution in [3.8, 4) is 0 Å². The number of nitrogen functional groups attached to an aromatic ring is 1. The molecule has 1 aromatic rings. The van der Waals surface area contributed by atoms with Gasteiger partial charge < -0.3 is 10.6 Å². The Morgan fingerprint density at radius 2 is 1.55 bits per heavy atom. The van der Waals surface area contributed by atoms with Gasteiger partial charge in [-0.2, -0.15) is 4.98 Å². The van der Waals surface area contributed by atoms with Gasteiger partial charge in [0, 0.05) is 25.4 Å². The Morgan fingerprint density at radius 1 is 0.950 bits per heavy atom. The van der Waals surface area contributed by atoms with Crippen LogP contribution in [-0.4, -0.2) is 24.1 Å². The Morgan fingerprint density at radius 3 is 2.10 bits per heavy atom. The lowest BCUT2D eigenvalue weighted by Crippen LogP contribution is -2.16. The van der Waals surface area contributed by atoms with Gasteiger partial charge in [-0.3, -0.25) is 0 Å². The summed E-state index contributed by atoms with van der Waals surface area (Å²) in [6, 6.07) is 0. The molecule has 0 aromatic carbocycles. The van der Waals surface area contributed by atoms with Crippen molar-refractivity contribution in [3.63, 3.8) is 0 Å². The molecular weight excluding hydrogens is 248 g/mol. The fraction of sp³-hybridized carbons (Fsp3) is 0.750. The molecule has 1 rings (SSSR count). The van der Waals surface area contributed by atoms with Crippen LogP contribution in [0.25, 0.3) is 0 Å².